The molecule has 0 aliphatic rings. The Labute approximate surface area is 203 Å². The minimum atomic E-state index is -0.270. The maximum atomic E-state index is 4.31. The molecule has 0 N–H and O–H groups in total. The second-order valence-electron chi connectivity index (χ2n) is 7.38. The van der Waals surface area contributed by atoms with Gasteiger partial charge in [0.2, 0.25) is 0 Å². The molecule has 0 spiro atoms. The van der Waals surface area contributed by atoms with Crippen LogP contribution in [0.15, 0.2) is 132 Å². The second kappa shape index (κ2) is 10.3. The smallest absolute Gasteiger partial charge is 0.113 e. The van der Waals surface area contributed by atoms with Crippen LogP contribution >= 0.6 is 35.9 Å². The maximum Gasteiger partial charge on any atom is 0.113 e. The van der Waals surface area contributed by atoms with E-state index in [9.17, 15) is 0 Å². The highest BCUT2D eigenvalue weighted by molar-refractivity contribution is 8.17. The number of imidazole rings is 1. The van der Waals surface area contributed by atoms with Gasteiger partial charge in [-0.2, -0.15) is 0 Å². The van der Waals surface area contributed by atoms with Crippen molar-refractivity contribution in [1.82, 2.24) is 9.55 Å². The number of thioether (sulfide) groups is 2. The average molecular weight is 475 g/mol. The molecule has 0 aliphatic heterocycles. The first-order chi connectivity index (χ1) is 15.3. The fourth-order valence-electron chi connectivity index (χ4n) is 3.70. The van der Waals surface area contributed by atoms with E-state index in [2.05, 4.69) is 113 Å². The van der Waals surface area contributed by atoms with Crippen LogP contribution in [0.2, 0.25) is 0 Å². The first-order valence-electron chi connectivity index (χ1n) is 10.2. The Hall–Kier alpha value is -2.66. The van der Waals surface area contributed by atoms with Crippen LogP contribution in [0.3, 0.4) is 0 Å². The molecule has 2 nitrogen and oxygen atoms in total. The Balaban J connectivity index is 0.00000245. The van der Waals surface area contributed by atoms with E-state index in [0.717, 1.165) is 6.54 Å². The monoisotopic (exact) mass is 474 g/mol. The number of hydrogen-bond donors (Lipinski definition) is 0. The zero-order chi connectivity index (χ0) is 20.9. The zero-order valence-electron chi connectivity index (χ0n) is 17.4. The van der Waals surface area contributed by atoms with Gasteiger partial charge in [-0.05, 0) is 46.7 Å². The molecule has 0 aliphatic carbocycles. The molecule has 5 heteroatoms. The van der Waals surface area contributed by atoms with Crippen molar-refractivity contribution in [3.63, 3.8) is 0 Å². The molecule has 1 aromatic heterocycles. The van der Waals surface area contributed by atoms with Crippen molar-refractivity contribution >= 4 is 46.7 Å². The molecule has 0 unspecified atom stereocenters. The highest BCUT2D eigenvalue weighted by Gasteiger charge is 2.36. The third-order valence-corrected chi connectivity index (χ3v) is 8.10. The van der Waals surface area contributed by atoms with Crippen molar-refractivity contribution in [1.29, 1.82) is 0 Å². The van der Waals surface area contributed by atoms with Crippen molar-refractivity contribution in [3.8, 4) is 0 Å². The summed E-state index contributed by atoms with van der Waals surface area (Å²) in [5, 5.41) is 2.52. The quantitative estimate of drug-likeness (QED) is 0.176. The summed E-state index contributed by atoms with van der Waals surface area (Å²) in [4.78, 5) is 6.81. The minimum Gasteiger partial charge on any atom is -0.335 e. The molecule has 0 amide bonds. The highest BCUT2D eigenvalue weighted by atomic mass is 35.5. The molecular formula is C27H23ClN2S2. The molecule has 0 radical (unpaired) electrons. The van der Waals surface area contributed by atoms with Crippen LogP contribution in [0.4, 0.5) is 0 Å². The van der Waals surface area contributed by atoms with Crippen LogP contribution < -0.4 is 0 Å². The van der Waals surface area contributed by atoms with E-state index in [1.54, 1.807) is 0 Å². The molecule has 4 aromatic carbocycles. The predicted octanol–water partition coefficient (Wildman–Crippen LogP) is 7.90. The average Bonchev–Trinajstić information content (AvgIpc) is 3.33. The summed E-state index contributed by atoms with van der Waals surface area (Å²) in [5.74, 6) is 0. The summed E-state index contributed by atoms with van der Waals surface area (Å²) in [6, 6.07) is 36.8. The fourth-order valence-corrected chi connectivity index (χ4v) is 6.71. The molecule has 0 saturated heterocycles. The van der Waals surface area contributed by atoms with Crippen molar-refractivity contribution < 1.29 is 0 Å². The van der Waals surface area contributed by atoms with E-state index in [0.29, 0.717) is 0 Å². The minimum absolute atomic E-state index is 0. The number of fused-ring (bicyclic) bond motifs is 1. The zero-order valence-corrected chi connectivity index (χ0v) is 19.8. The lowest BCUT2D eigenvalue weighted by Gasteiger charge is -2.34. The van der Waals surface area contributed by atoms with Gasteiger partial charge in [0, 0.05) is 22.2 Å². The first kappa shape index (κ1) is 22.5. The SMILES string of the molecule is Cl.c1ccc(SC(Cn2ccnc2)(Sc2ccccc2)c2ccc3ccccc3c2)cc1. The van der Waals surface area contributed by atoms with Crippen molar-refractivity contribution in [2.45, 2.75) is 20.4 Å². The Morgan fingerprint density at radius 1 is 0.688 bits per heavy atom. The van der Waals surface area contributed by atoms with Gasteiger partial charge in [0.25, 0.3) is 0 Å². The number of benzene rings is 4. The molecule has 160 valence electrons. The molecule has 0 atom stereocenters. The van der Waals surface area contributed by atoms with Crippen LogP contribution in [0, 0.1) is 0 Å². The summed E-state index contributed by atoms with van der Waals surface area (Å²) in [7, 11) is 0. The summed E-state index contributed by atoms with van der Waals surface area (Å²) in [6.07, 6.45) is 5.81. The van der Waals surface area contributed by atoms with Gasteiger partial charge in [-0.15, -0.1) is 35.9 Å². The highest BCUT2D eigenvalue weighted by Crippen LogP contribution is 2.54. The van der Waals surface area contributed by atoms with Gasteiger partial charge in [-0.1, -0.05) is 72.8 Å². The Kier molecular flexibility index (Phi) is 7.26. The van der Waals surface area contributed by atoms with Crippen molar-refractivity contribution in [2.24, 2.45) is 0 Å². The third kappa shape index (κ3) is 5.04. The lowest BCUT2D eigenvalue weighted by Crippen LogP contribution is -2.24. The van der Waals surface area contributed by atoms with E-state index < -0.39 is 0 Å². The van der Waals surface area contributed by atoms with Crippen LogP contribution in [-0.4, -0.2) is 9.55 Å². The summed E-state index contributed by atoms with van der Waals surface area (Å²) >= 11 is 3.81. The standard InChI is InChI=1S/C27H22N2S2.ClH/c1-3-11-25(12-4-1)30-27(20-29-18-17-28-21-29,31-26-13-5-2-6-14-26)24-16-15-22-9-7-8-10-23(22)19-24;/h1-19,21H,20H2;1H. The van der Waals surface area contributed by atoms with Gasteiger partial charge in [-0.25, -0.2) is 4.98 Å². The number of halogens is 1. The Morgan fingerprint density at radius 2 is 1.28 bits per heavy atom. The molecule has 0 saturated carbocycles. The molecule has 32 heavy (non-hydrogen) atoms. The second-order valence-corrected chi connectivity index (χ2v) is 10.4. The molecular weight excluding hydrogens is 452 g/mol. The van der Waals surface area contributed by atoms with Crippen LogP contribution in [0.5, 0.6) is 0 Å². The van der Waals surface area contributed by atoms with E-state index in [4.69, 9.17) is 0 Å². The molecule has 1 heterocycles. The maximum absolute atomic E-state index is 4.31. The van der Waals surface area contributed by atoms with Gasteiger partial charge in [0.15, 0.2) is 0 Å². The fraction of sp³-hybridized carbons (Fsp3) is 0.0741. The summed E-state index contributed by atoms with van der Waals surface area (Å²) < 4.78 is 1.91. The van der Waals surface area contributed by atoms with Gasteiger partial charge in [0.05, 0.1) is 12.9 Å². The van der Waals surface area contributed by atoms with Crippen molar-refractivity contribution in [3.05, 3.63) is 127 Å². The molecule has 5 rings (SSSR count). The Morgan fingerprint density at radius 3 is 1.88 bits per heavy atom. The molecule has 5 aromatic rings. The topological polar surface area (TPSA) is 17.8 Å². The number of hydrogen-bond acceptors (Lipinski definition) is 3. The van der Waals surface area contributed by atoms with Gasteiger partial charge >= 0.3 is 0 Å². The lowest BCUT2D eigenvalue weighted by atomic mass is 10.0. The number of rotatable bonds is 7. The van der Waals surface area contributed by atoms with E-state index in [1.165, 1.54) is 26.1 Å². The predicted molar refractivity (Wildman–Crippen MR) is 140 cm³/mol. The van der Waals surface area contributed by atoms with Crippen LogP contribution in [0.25, 0.3) is 10.8 Å². The Bertz CT molecular complexity index is 1220. The van der Waals surface area contributed by atoms with E-state index in [-0.39, 0.29) is 16.5 Å². The molecule has 0 bridgehead atoms. The van der Waals surface area contributed by atoms with E-state index >= 15 is 0 Å². The number of aromatic nitrogens is 2. The van der Waals surface area contributed by atoms with Gasteiger partial charge in [0.1, 0.15) is 4.08 Å². The normalized spacial score (nSPS) is 11.2. The summed E-state index contributed by atoms with van der Waals surface area (Å²) in [5.41, 5.74) is 1.29. The van der Waals surface area contributed by atoms with Gasteiger partial charge in [-0.3, -0.25) is 0 Å². The number of nitrogens with zero attached hydrogens (tertiary/aromatic N) is 2. The largest absolute Gasteiger partial charge is 0.335 e. The van der Waals surface area contributed by atoms with Crippen LogP contribution in [-0.2, 0) is 10.6 Å². The van der Waals surface area contributed by atoms with Crippen molar-refractivity contribution in [2.75, 3.05) is 0 Å². The first-order valence-corrected chi connectivity index (χ1v) is 11.9. The van der Waals surface area contributed by atoms with E-state index in [1.807, 2.05) is 42.2 Å². The third-order valence-electron chi connectivity index (χ3n) is 5.19. The lowest BCUT2D eigenvalue weighted by molar-refractivity contribution is 0.649. The molecule has 0 fully saturated rings. The van der Waals surface area contributed by atoms with Gasteiger partial charge < -0.3 is 4.57 Å². The van der Waals surface area contributed by atoms with Crippen LogP contribution in [0.1, 0.15) is 5.56 Å². The summed E-state index contributed by atoms with van der Waals surface area (Å²) in [6.45, 7) is 0.796.